The molecule has 2 aromatic rings. The second-order valence-electron chi connectivity index (χ2n) is 7.67. The van der Waals surface area contributed by atoms with E-state index in [0.717, 1.165) is 6.07 Å². The van der Waals surface area contributed by atoms with Gasteiger partial charge in [0.15, 0.2) is 5.69 Å². The molecule has 1 aromatic heterocycles. The van der Waals surface area contributed by atoms with Gasteiger partial charge in [-0.2, -0.15) is 26.3 Å². The minimum atomic E-state index is -4.90. The maximum atomic E-state index is 13.9. The van der Waals surface area contributed by atoms with Crippen molar-refractivity contribution in [3.8, 4) is 11.3 Å². The Kier molecular flexibility index (Phi) is 7.01. The first-order valence-electron chi connectivity index (χ1n) is 9.67. The van der Waals surface area contributed by atoms with E-state index in [1.807, 2.05) is 0 Å². The van der Waals surface area contributed by atoms with Crippen LogP contribution in [0.4, 0.5) is 26.3 Å². The molecule has 33 heavy (non-hydrogen) atoms. The van der Waals surface area contributed by atoms with Crippen molar-refractivity contribution in [2.75, 3.05) is 6.61 Å². The number of rotatable bonds is 4. The lowest BCUT2D eigenvalue weighted by Crippen LogP contribution is -2.59. The number of hydrogen-bond acceptors (Lipinski definition) is 7. The van der Waals surface area contributed by atoms with Gasteiger partial charge in [0.1, 0.15) is 24.4 Å². The molecular weight excluding hydrogens is 462 g/mol. The summed E-state index contributed by atoms with van der Waals surface area (Å²) in [4.78, 5) is 6.75. The standard InChI is InChI=1S/C20H20F6N2O5/c1-8(18-17(32)16(31)15(30)13(7-29)33-18)10-3-2-9(4-11(10)19(21,22)23)12-5-28-14(6-27-12)20(24,25)26/h2-6,8,13,15-18,29-32H,7H2,1H3/t8?,13-,15-,16+,17+,18-/m1/s1. The highest BCUT2D eigenvalue weighted by molar-refractivity contribution is 5.61. The first-order chi connectivity index (χ1) is 15.3. The van der Waals surface area contributed by atoms with Crippen LogP contribution in [0.25, 0.3) is 11.3 Å². The van der Waals surface area contributed by atoms with Crippen LogP contribution in [0.15, 0.2) is 30.6 Å². The lowest BCUT2D eigenvalue weighted by Gasteiger charge is -2.42. The van der Waals surface area contributed by atoms with E-state index in [4.69, 9.17) is 4.74 Å². The summed E-state index contributed by atoms with van der Waals surface area (Å²) < 4.78 is 84.9. The van der Waals surface area contributed by atoms with Gasteiger partial charge < -0.3 is 25.2 Å². The minimum absolute atomic E-state index is 0.145. The Bertz CT molecular complexity index is 967. The van der Waals surface area contributed by atoms with E-state index in [-0.39, 0.29) is 16.8 Å². The zero-order valence-electron chi connectivity index (χ0n) is 16.9. The summed E-state index contributed by atoms with van der Waals surface area (Å²) >= 11 is 0. The van der Waals surface area contributed by atoms with Crippen molar-refractivity contribution < 1.29 is 51.5 Å². The molecule has 2 heterocycles. The molecule has 7 nitrogen and oxygen atoms in total. The molecule has 1 fully saturated rings. The maximum Gasteiger partial charge on any atom is 0.434 e. The molecular formula is C20H20F6N2O5. The summed E-state index contributed by atoms with van der Waals surface area (Å²) in [6, 6.07) is 2.94. The van der Waals surface area contributed by atoms with E-state index in [2.05, 4.69) is 9.97 Å². The number of nitrogens with zero attached hydrogens (tertiary/aromatic N) is 2. The number of aliphatic hydroxyl groups is 4. The van der Waals surface area contributed by atoms with Gasteiger partial charge in [-0.1, -0.05) is 19.1 Å². The van der Waals surface area contributed by atoms with Gasteiger partial charge in [0.25, 0.3) is 0 Å². The Morgan fingerprint density at radius 1 is 0.939 bits per heavy atom. The SMILES string of the molecule is CC(c1ccc(-c2cnc(C(F)(F)F)cn2)cc1C(F)(F)F)[C@H]1O[C@H](CO)[C@@H](O)[C@H](O)[C@@H]1O. The van der Waals surface area contributed by atoms with Crippen molar-refractivity contribution >= 4 is 0 Å². The largest absolute Gasteiger partial charge is 0.434 e. The molecule has 1 aliphatic heterocycles. The molecule has 0 spiro atoms. The molecule has 0 bridgehead atoms. The van der Waals surface area contributed by atoms with Gasteiger partial charge in [-0.05, 0) is 11.6 Å². The molecule has 1 unspecified atom stereocenters. The Hall–Kier alpha value is -2.32. The van der Waals surface area contributed by atoms with Gasteiger partial charge in [-0.25, -0.2) is 4.98 Å². The zero-order valence-corrected chi connectivity index (χ0v) is 16.9. The highest BCUT2D eigenvalue weighted by Gasteiger charge is 2.47. The number of hydrogen-bond donors (Lipinski definition) is 4. The van der Waals surface area contributed by atoms with Crippen molar-refractivity contribution in [2.24, 2.45) is 0 Å². The third kappa shape index (κ3) is 5.11. The Labute approximate surface area is 183 Å². The van der Waals surface area contributed by atoms with E-state index in [0.29, 0.717) is 18.5 Å². The summed E-state index contributed by atoms with van der Waals surface area (Å²) in [6.07, 6.45) is -16.4. The molecule has 1 aromatic carbocycles. The van der Waals surface area contributed by atoms with Gasteiger partial charge in [0.05, 0.1) is 36.4 Å². The van der Waals surface area contributed by atoms with E-state index in [1.54, 1.807) is 0 Å². The van der Waals surface area contributed by atoms with Gasteiger partial charge in [-0.15, -0.1) is 0 Å². The quantitative estimate of drug-likeness (QED) is 0.494. The van der Waals surface area contributed by atoms with Gasteiger partial charge in [-0.3, -0.25) is 4.98 Å². The lowest BCUT2D eigenvalue weighted by atomic mass is 9.83. The highest BCUT2D eigenvalue weighted by atomic mass is 19.4. The number of aliphatic hydroxyl groups excluding tert-OH is 4. The third-order valence-corrected chi connectivity index (χ3v) is 5.51. The van der Waals surface area contributed by atoms with Crippen LogP contribution in [0.1, 0.15) is 29.7 Å². The maximum absolute atomic E-state index is 13.9. The summed E-state index contributed by atoms with van der Waals surface area (Å²) in [6.45, 7) is 0.556. The van der Waals surface area contributed by atoms with Gasteiger partial charge in [0, 0.05) is 11.5 Å². The van der Waals surface area contributed by atoms with E-state index >= 15 is 0 Å². The second-order valence-corrected chi connectivity index (χ2v) is 7.67. The van der Waals surface area contributed by atoms with Crippen LogP contribution in [0.2, 0.25) is 0 Å². The molecule has 182 valence electrons. The minimum Gasteiger partial charge on any atom is -0.394 e. The Morgan fingerprint density at radius 3 is 2.12 bits per heavy atom. The van der Waals surface area contributed by atoms with Crippen LogP contribution in [0.5, 0.6) is 0 Å². The van der Waals surface area contributed by atoms with Crippen LogP contribution in [0, 0.1) is 0 Å². The van der Waals surface area contributed by atoms with Crippen molar-refractivity contribution in [1.82, 2.24) is 9.97 Å². The summed E-state index contributed by atoms with van der Waals surface area (Å²) in [7, 11) is 0. The number of halogens is 6. The molecule has 3 rings (SSSR count). The monoisotopic (exact) mass is 482 g/mol. The average Bonchev–Trinajstić information content (AvgIpc) is 2.76. The normalized spacial score (nSPS) is 27.4. The summed E-state index contributed by atoms with van der Waals surface area (Å²) in [5, 5.41) is 39.4. The summed E-state index contributed by atoms with van der Waals surface area (Å²) in [5.41, 5.74) is -3.16. The number of benzene rings is 1. The molecule has 6 atom stereocenters. The highest BCUT2D eigenvalue weighted by Crippen LogP contribution is 2.41. The number of ether oxygens (including phenoxy) is 1. The van der Waals surface area contributed by atoms with E-state index in [1.165, 1.54) is 13.0 Å². The van der Waals surface area contributed by atoms with Crippen LogP contribution in [-0.4, -0.2) is 67.5 Å². The first kappa shape index (κ1) is 25.3. The third-order valence-electron chi connectivity index (χ3n) is 5.51. The van der Waals surface area contributed by atoms with Crippen molar-refractivity contribution in [3.05, 3.63) is 47.4 Å². The van der Waals surface area contributed by atoms with Crippen LogP contribution < -0.4 is 0 Å². The topological polar surface area (TPSA) is 116 Å². The lowest BCUT2D eigenvalue weighted by molar-refractivity contribution is -0.233. The van der Waals surface area contributed by atoms with Crippen molar-refractivity contribution in [1.29, 1.82) is 0 Å². The van der Waals surface area contributed by atoms with E-state index in [9.17, 15) is 46.8 Å². The fraction of sp³-hybridized carbons (Fsp3) is 0.500. The Balaban J connectivity index is 1.99. The predicted octanol–water partition coefficient (Wildman–Crippen LogP) is 2.13. The molecule has 4 N–H and O–H groups in total. The molecule has 0 radical (unpaired) electrons. The van der Waals surface area contributed by atoms with Crippen molar-refractivity contribution in [3.63, 3.8) is 0 Å². The predicted molar refractivity (Wildman–Crippen MR) is 99.7 cm³/mol. The molecule has 0 amide bonds. The number of aromatic nitrogens is 2. The van der Waals surface area contributed by atoms with E-state index < -0.39 is 66.7 Å². The van der Waals surface area contributed by atoms with Crippen molar-refractivity contribution in [2.45, 2.75) is 55.7 Å². The molecule has 13 heteroatoms. The Morgan fingerprint density at radius 2 is 1.61 bits per heavy atom. The number of alkyl halides is 6. The molecule has 0 saturated carbocycles. The molecule has 0 aliphatic carbocycles. The summed E-state index contributed by atoms with van der Waals surface area (Å²) in [5.74, 6) is -1.17. The fourth-order valence-corrected chi connectivity index (χ4v) is 3.70. The average molecular weight is 482 g/mol. The van der Waals surface area contributed by atoms with Gasteiger partial charge in [0.2, 0.25) is 0 Å². The molecule has 1 saturated heterocycles. The van der Waals surface area contributed by atoms with Crippen LogP contribution in [0.3, 0.4) is 0 Å². The van der Waals surface area contributed by atoms with Crippen LogP contribution in [-0.2, 0) is 17.1 Å². The molecule has 1 aliphatic rings. The smallest absolute Gasteiger partial charge is 0.394 e. The van der Waals surface area contributed by atoms with Gasteiger partial charge >= 0.3 is 12.4 Å². The second kappa shape index (κ2) is 9.14. The fourth-order valence-electron chi connectivity index (χ4n) is 3.70. The van der Waals surface area contributed by atoms with Crippen LogP contribution >= 0.6 is 0 Å². The zero-order chi connectivity index (χ0) is 24.7. The first-order valence-corrected chi connectivity index (χ1v) is 9.67.